The maximum absolute atomic E-state index is 12.7. The largest absolute Gasteiger partial charge is 0.416 e. The van der Waals surface area contributed by atoms with Crippen LogP contribution in [0.15, 0.2) is 24.3 Å². The van der Waals surface area contributed by atoms with E-state index in [2.05, 4.69) is 0 Å². The Morgan fingerprint density at radius 1 is 1.23 bits per heavy atom. The zero-order chi connectivity index (χ0) is 16.3. The second-order valence-electron chi connectivity index (χ2n) is 5.09. The van der Waals surface area contributed by atoms with Gasteiger partial charge in [0.15, 0.2) is 0 Å². The topological polar surface area (TPSA) is 40.6 Å². The molecule has 0 saturated carbocycles. The van der Waals surface area contributed by atoms with Gasteiger partial charge in [0, 0.05) is 38.2 Å². The van der Waals surface area contributed by atoms with Crippen LogP contribution < -0.4 is 0 Å². The van der Waals surface area contributed by atoms with Crippen molar-refractivity contribution in [3.05, 3.63) is 35.4 Å². The molecule has 2 amide bonds. The molecule has 2 rings (SSSR count). The fourth-order valence-electron chi connectivity index (χ4n) is 2.42. The van der Waals surface area contributed by atoms with Crippen molar-refractivity contribution >= 4 is 11.8 Å². The number of hydrogen-bond donors (Lipinski definition) is 0. The van der Waals surface area contributed by atoms with Crippen molar-refractivity contribution in [2.75, 3.05) is 26.2 Å². The number of nitrogens with zero attached hydrogens (tertiary/aromatic N) is 2. The maximum atomic E-state index is 12.7. The second-order valence-corrected chi connectivity index (χ2v) is 5.09. The summed E-state index contributed by atoms with van der Waals surface area (Å²) in [4.78, 5) is 27.2. The average Bonchev–Trinajstić information content (AvgIpc) is 2.67. The molecule has 0 bridgehead atoms. The molecule has 0 unspecified atom stereocenters. The standard InChI is InChI=1S/C15H17F3N2O2/c1-2-19-8-9-20(7-6-13(19)21)14(22)11-4-3-5-12(10-11)15(16,17)18/h3-5,10H,2,6-9H2,1H3. The number of benzene rings is 1. The van der Waals surface area contributed by atoms with E-state index in [4.69, 9.17) is 0 Å². The Labute approximate surface area is 126 Å². The molecule has 1 aliphatic rings. The second kappa shape index (κ2) is 6.37. The van der Waals surface area contributed by atoms with Crippen molar-refractivity contribution in [2.45, 2.75) is 19.5 Å². The van der Waals surface area contributed by atoms with Gasteiger partial charge in [0.25, 0.3) is 5.91 Å². The van der Waals surface area contributed by atoms with Crippen LogP contribution in [0.25, 0.3) is 0 Å². The first-order valence-electron chi connectivity index (χ1n) is 7.07. The SMILES string of the molecule is CCN1CCN(C(=O)c2cccc(C(F)(F)F)c2)CCC1=O. The molecule has 1 fully saturated rings. The first-order chi connectivity index (χ1) is 10.3. The maximum Gasteiger partial charge on any atom is 0.416 e. The van der Waals surface area contributed by atoms with Crippen LogP contribution in [0.4, 0.5) is 13.2 Å². The number of hydrogen-bond acceptors (Lipinski definition) is 2. The Kier molecular flexibility index (Phi) is 4.73. The number of halogens is 3. The third-order valence-electron chi connectivity index (χ3n) is 3.69. The fraction of sp³-hybridized carbons (Fsp3) is 0.467. The summed E-state index contributed by atoms with van der Waals surface area (Å²) in [6.45, 7) is 3.37. The van der Waals surface area contributed by atoms with E-state index < -0.39 is 17.6 Å². The van der Waals surface area contributed by atoms with E-state index in [-0.39, 0.29) is 24.4 Å². The van der Waals surface area contributed by atoms with E-state index in [0.717, 1.165) is 12.1 Å². The molecule has 22 heavy (non-hydrogen) atoms. The van der Waals surface area contributed by atoms with Crippen molar-refractivity contribution in [3.63, 3.8) is 0 Å². The summed E-state index contributed by atoms with van der Waals surface area (Å²) in [6, 6.07) is 4.37. The smallest absolute Gasteiger partial charge is 0.341 e. The van der Waals surface area contributed by atoms with Crippen LogP contribution in [-0.2, 0) is 11.0 Å². The lowest BCUT2D eigenvalue weighted by Crippen LogP contribution is -2.35. The van der Waals surface area contributed by atoms with E-state index in [1.165, 1.54) is 17.0 Å². The number of likely N-dealkylation sites (N-methyl/N-ethyl adjacent to an activating group) is 1. The van der Waals surface area contributed by atoms with Crippen molar-refractivity contribution in [1.82, 2.24) is 9.80 Å². The van der Waals surface area contributed by atoms with Crippen molar-refractivity contribution < 1.29 is 22.8 Å². The number of carbonyl (C=O) groups is 2. The molecule has 1 aromatic carbocycles. The Balaban J connectivity index is 2.16. The van der Waals surface area contributed by atoms with Crippen LogP contribution in [-0.4, -0.2) is 47.8 Å². The lowest BCUT2D eigenvalue weighted by Gasteiger charge is -2.21. The molecule has 0 aliphatic carbocycles. The van der Waals surface area contributed by atoms with Gasteiger partial charge in [-0.15, -0.1) is 0 Å². The van der Waals surface area contributed by atoms with E-state index >= 15 is 0 Å². The molecular weight excluding hydrogens is 297 g/mol. The van der Waals surface area contributed by atoms with Crippen molar-refractivity contribution in [3.8, 4) is 0 Å². The Bertz CT molecular complexity index is 572. The molecule has 0 N–H and O–H groups in total. The third kappa shape index (κ3) is 3.58. The molecule has 0 spiro atoms. The molecule has 4 nitrogen and oxygen atoms in total. The van der Waals surface area contributed by atoms with Crippen LogP contribution in [0.1, 0.15) is 29.3 Å². The van der Waals surface area contributed by atoms with Gasteiger partial charge in [-0.1, -0.05) is 6.07 Å². The number of amides is 2. The van der Waals surface area contributed by atoms with E-state index in [9.17, 15) is 22.8 Å². The van der Waals surface area contributed by atoms with Crippen LogP contribution in [0, 0.1) is 0 Å². The molecule has 1 saturated heterocycles. The lowest BCUT2D eigenvalue weighted by atomic mass is 10.1. The normalized spacial score (nSPS) is 16.6. The van der Waals surface area contributed by atoms with Gasteiger partial charge in [-0.2, -0.15) is 13.2 Å². The first-order valence-corrected chi connectivity index (χ1v) is 7.07. The quantitative estimate of drug-likeness (QED) is 0.841. The van der Waals surface area contributed by atoms with Crippen molar-refractivity contribution in [2.24, 2.45) is 0 Å². The minimum atomic E-state index is -4.48. The molecule has 120 valence electrons. The van der Waals surface area contributed by atoms with Crippen LogP contribution in [0.2, 0.25) is 0 Å². The van der Waals surface area contributed by atoms with Gasteiger partial charge in [-0.3, -0.25) is 9.59 Å². The number of rotatable bonds is 2. The van der Waals surface area contributed by atoms with Gasteiger partial charge in [0.2, 0.25) is 5.91 Å². The van der Waals surface area contributed by atoms with E-state index in [1.54, 1.807) is 4.90 Å². The summed E-state index contributed by atoms with van der Waals surface area (Å²) in [6.07, 6.45) is -4.29. The summed E-state index contributed by atoms with van der Waals surface area (Å²) in [5, 5.41) is 0. The summed E-state index contributed by atoms with van der Waals surface area (Å²) in [5.74, 6) is -0.515. The first kappa shape index (κ1) is 16.3. The van der Waals surface area contributed by atoms with Gasteiger partial charge in [0.05, 0.1) is 5.56 Å². The zero-order valence-corrected chi connectivity index (χ0v) is 12.2. The van der Waals surface area contributed by atoms with Gasteiger partial charge < -0.3 is 9.80 Å². The molecule has 0 aromatic heterocycles. The Morgan fingerprint density at radius 2 is 1.95 bits per heavy atom. The monoisotopic (exact) mass is 314 g/mol. The predicted molar refractivity (Wildman–Crippen MR) is 74.2 cm³/mol. The van der Waals surface area contributed by atoms with Crippen LogP contribution >= 0.6 is 0 Å². The highest BCUT2D eigenvalue weighted by Gasteiger charge is 2.31. The fourth-order valence-corrected chi connectivity index (χ4v) is 2.42. The highest BCUT2D eigenvalue weighted by atomic mass is 19.4. The highest BCUT2D eigenvalue weighted by molar-refractivity contribution is 5.95. The summed E-state index contributed by atoms with van der Waals surface area (Å²) >= 11 is 0. The summed E-state index contributed by atoms with van der Waals surface area (Å²) in [7, 11) is 0. The zero-order valence-electron chi connectivity index (χ0n) is 12.2. The molecule has 0 radical (unpaired) electrons. The van der Waals surface area contributed by atoms with Gasteiger partial charge in [-0.05, 0) is 25.1 Å². The average molecular weight is 314 g/mol. The van der Waals surface area contributed by atoms with Gasteiger partial charge in [0.1, 0.15) is 0 Å². The van der Waals surface area contributed by atoms with E-state index in [1.807, 2.05) is 6.92 Å². The molecular formula is C15H17F3N2O2. The predicted octanol–water partition coefficient (Wildman–Crippen LogP) is 2.40. The minimum absolute atomic E-state index is 0.00720. The minimum Gasteiger partial charge on any atom is -0.341 e. The number of carbonyl (C=O) groups excluding carboxylic acids is 2. The summed E-state index contributed by atoms with van der Waals surface area (Å²) < 4.78 is 38.1. The lowest BCUT2D eigenvalue weighted by molar-refractivity contribution is -0.137. The molecule has 7 heteroatoms. The Hall–Kier alpha value is -2.05. The van der Waals surface area contributed by atoms with Crippen LogP contribution in [0.3, 0.4) is 0 Å². The summed E-state index contributed by atoms with van der Waals surface area (Å²) in [5.41, 5.74) is -0.855. The molecule has 0 atom stereocenters. The molecule has 1 aromatic rings. The molecule has 1 aliphatic heterocycles. The van der Waals surface area contributed by atoms with E-state index in [0.29, 0.717) is 19.6 Å². The number of alkyl halides is 3. The van der Waals surface area contributed by atoms with Gasteiger partial charge in [-0.25, -0.2) is 0 Å². The van der Waals surface area contributed by atoms with Crippen molar-refractivity contribution in [1.29, 1.82) is 0 Å². The third-order valence-corrected chi connectivity index (χ3v) is 3.69. The molecule has 1 heterocycles. The van der Waals surface area contributed by atoms with Gasteiger partial charge >= 0.3 is 6.18 Å². The van der Waals surface area contributed by atoms with Crippen LogP contribution in [0.5, 0.6) is 0 Å². The highest BCUT2D eigenvalue weighted by Crippen LogP contribution is 2.29. The Morgan fingerprint density at radius 3 is 2.59 bits per heavy atom.